The van der Waals surface area contributed by atoms with Gasteiger partial charge >= 0.3 is 0 Å². The van der Waals surface area contributed by atoms with Crippen molar-refractivity contribution in [2.45, 2.75) is 155 Å². The highest BCUT2D eigenvalue weighted by Gasteiger charge is 2.57. The summed E-state index contributed by atoms with van der Waals surface area (Å²) >= 11 is 0. The fraction of sp³-hybridized carbons (Fsp3) is 0.209. The second-order valence-electron chi connectivity index (χ2n) is 43.7. The van der Waals surface area contributed by atoms with Crippen molar-refractivity contribution in [1.29, 1.82) is 0 Å². The topological polar surface area (TPSA) is 51.7 Å². The SMILES string of the molecule is CC1(C)N(c2ccccc2)CN(c2ccc(-c3ccccc3-c3cc(-c4ccccc4-c4ccc(N5CN(c6ccccc6)C(C)(C)C5(C)C)cc4)cc(-c4ccccc4-c4ccc(-c5ccc(-c6ccccc6-c6cc(-c7ccccc7-c7ccc(N8CN(c9ccccc9)C(C)(C)C8(C)C)cc7)cc(-c7ccccc7-c7ccc(N8CN(c9ccccc9)C(C)(C)C8(C)C)cc7)c6)cn5)nc4)c3)cc2)C1(C)C. The van der Waals surface area contributed by atoms with Gasteiger partial charge in [-0.1, -0.05) is 279 Å². The molecule has 0 spiro atoms. The molecule has 0 aliphatic carbocycles. The highest BCUT2D eigenvalue weighted by Crippen LogP contribution is 2.54. The Morgan fingerprint density at radius 3 is 0.424 bits per heavy atom. The maximum Gasteiger partial charge on any atom is 0.0915 e. The first-order chi connectivity index (χ1) is 69.4. The molecule has 4 aliphatic heterocycles. The normalized spacial score (nSPS) is 16.7. The van der Waals surface area contributed by atoms with Crippen LogP contribution in [-0.4, -0.2) is 81.0 Å². The van der Waals surface area contributed by atoms with Crippen LogP contribution in [0.1, 0.15) is 111 Å². The van der Waals surface area contributed by atoms with E-state index in [0.29, 0.717) is 0 Å². The van der Waals surface area contributed by atoms with E-state index in [1.54, 1.807) is 0 Å². The lowest BCUT2D eigenvalue weighted by Gasteiger charge is -2.43. The quantitative estimate of drug-likeness (QED) is 0.0695. The molecular formula is C134H128N10. The molecule has 10 heteroatoms. The Balaban J connectivity index is 0.598. The van der Waals surface area contributed by atoms with E-state index >= 15 is 0 Å². The fourth-order valence-corrected chi connectivity index (χ4v) is 23.1. The number of rotatable bonds is 21. The third-order valence-electron chi connectivity index (χ3n) is 34.5. The third kappa shape index (κ3) is 16.1. The van der Waals surface area contributed by atoms with Crippen LogP contribution in [0.3, 0.4) is 0 Å². The highest BCUT2D eigenvalue weighted by atomic mass is 15.5. The van der Waals surface area contributed by atoms with Gasteiger partial charge in [0.25, 0.3) is 0 Å². The Morgan fingerprint density at radius 1 is 0.139 bits per heavy atom. The van der Waals surface area contributed by atoms with Gasteiger partial charge < -0.3 is 39.2 Å². The van der Waals surface area contributed by atoms with Gasteiger partial charge in [0.15, 0.2) is 0 Å². The molecule has 22 rings (SSSR count). The summed E-state index contributed by atoms with van der Waals surface area (Å²) in [5.41, 5.74) is 36.9. The van der Waals surface area contributed by atoms with Gasteiger partial charge in [-0.05, 0) is 379 Å². The first-order valence-electron chi connectivity index (χ1n) is 51.1. The van der Waals surface area contributed by atoms with Crippen LogP contribution in [0.15, 0.2) is 437 Å². The van der Waals surface area contributed by atoms with E-state index in [1.807, 2.05) is 12.4 Å². The van der Waals surface area contributed by atoms with Crippen molar-refractivity contribution in [3.05, 3.63) is 437 Å². The maximum atomic E-state index is 5.32. The van der Waals surface area contributed by atoms with E-state index < -0.39 is 0 Å². The molecule has 144 heavy (non-hydrogen) atoms. The van der Waals surface area contributed by atoms with Crippen molar-refractivity contribution < 1.29 is 0 Å². The summed E-state index contributed by atoms with van der Waals surface area (Å²) in [6.07, 6.45) is 4.06. The molecule has 2 aromatic heterocycles. The van der Waals surface area contributed by atoms with Crippen molar-refractivity contribution >= 4 is 45.5 Å². The summed E-state index contributed by atoms with van der Waals surface area (Å²) in [6.45, 7) is 41.2. The number of hydrogen-bond acceptors (Lipinski definition) is 10. The lowest BCUT2D eigenvalue weighted by molar-refractivity contribution is 0.345. The summed E-state index contributed by atoms with van der Waals surface area (Å²) < 4.78 is 0. The zero-order valence-corrected chi connectivity index (χ0v) is 85.9. The predicted molar refractivity (Wildman–Crippen MR) is 610 cm³/mol. The van der Waals surface area contributed by atoms with Gasteiger partial charge in [0.05, 0.1) is 82.4 Å². The average Bonchev–Trinajstić information content (AvgIpc) is 1.58. The molecule has 714 valence electrons. The monoisotopic (exact) mass is 1880 g/mol. The first kappa shape index (κ1) is 93.2. The number of anilines is 8. The molecule has 4 fully saturated rings. The summed E-state index contributed by atoms with van der Waals surface area (Å²) in [6, 6.07) is 157. The molecule has 6 heterocycles. The zero-order valence-electron chi connectivity index (χ0n) is 85.9. The molecule has 4 saturated heterocycles. The van der Waals surface area contributed by atoms with E-state index in [9.17, 15) is 0 Å². The van der Waals surface area contributed by atoms with Crippen molar-refractivity contribution in [2.24, 2.45) is 0 Å². The van der Waals surface area contributed by atoms with Crippen LogP contribution < -0.4 is 39.2 Å². The van der Waals surface area contributed by atoms with Crippen LogP contribution >= 0.6 is 0 Å². The van der Waals surface area contributed by atoms with Crippen molar-refractivity contribution in [1.82, 2.24) is 9.97 Å². The Kier molecular flexibility index (Phi) is 23.5. The van der Waals surface area contributed by atoms with Gasteiger partial charge in [-0.15, -0.1) is 0 Å². The summed E-state index contributed by atoms with van der Waals surface area (Å²) in [7, 11) is 0. The van der Waals surface area contributed by atoms with Crippen LogP contribution in [0.5, 0.6) is 0 Å². The van der Waals surface area contributed by atoms with E-state index in [1.165, 1.54) is 45.5 Å². The molecule has 0 atom stereocenters. The van der Waals surface area contributed by atoms with Gasteiger partial charge in [-0.2, -0.15) is 0 Å². The van der Waals surface area contributed by atoms with Gasteiger partial charge in [0.1, 0.15) is 0 Å². The van der Waals surface area contributed by atoms with Gasteiger partial charge in [-0.25, -0.2) is 0 Å². The molecule has 0 amide bonds. The minimum absolute atomic E-state index is 0.155. The lowest BCUT2D eigenvalue weighted by Crippen LogP contribution is -2.54. The molecule has 18 aromatic rings. The Hall–Kier alpha value is -15.8. The highest BCUT2D eigenvalue weighted by molar-refractivity contribution is 5.98. The number of hydrogen-bond donors (Lipinski definition) is 0. The minimum atomic E-state index is -0.184. The van der Waals surface area contributed by atoms with Gasteiger partial charge in [-0.3, -0.25) is 9.97 Å². The lowest BCUT2D eigenvalue weighted by atomic mass is 9.81. The molecule has 10 nitrogen and oxygen atoms in total. The molecule has 0 saturated carbocycles. The third-order valence-corrected chi connectivity index (χ3v) is 34.5. The largest absolute Gasteiger partial charge is 0.346 e. The summed E-state index contributed by atoms with van der Waals surface area (Å²) in [5.74, 6) is 0. The first-order valence-corrected chi connectivity index (χ1v) is 51.1. The summed E-state index contributed by atoms with van der Waals surface area (Å²) in [4.78, 5) is 31.1. The van der Waals surface area contributed by atoms with Crippen molar-refractivity contribution in [3.63, 3.8) is 0 Å². The predicted octanol–water partition coefficient (Wildman–Crippen LogP) is 33.5. The summed E-state index contributed by atoms with van der Waals surface area (Å²) in [5, 5.41) is 0. The molecule has 0 radical (unpaired) electrons. The maximum absolute atomic E-state index is 5.32. The molecule has 4 aliphatic rings. The van der Waals surface area contributed by atoms with E-state index in [4.69, 9.17) is 9.97 Å². The van der Waals surface area contributed by atoms with Crippen LogP contribution in [0, 0.1) is 0 Å². The van der Waals surface area contributed by atoms with E-state index in [0.717, 1.165) is 172 Å². The number of para-hydroxylation sites is 4. The van der Waals surface area contributed by atoms with Crippen LogP contribution in [-0.2, 0) is 0 Å². The Bertz CT molecular complexity index is 6910. The van der Waals surface area contributed by atoms with Crippen LogP contribution in [0.25, 0.3) is 145 Å². The smallest absolute Gasteiger partial charge is 0.0915 e. The number of nitrogens with zero attached hydrogens (tertiary/aromatic N) is 10. The second-order valence-corrected chi connectivity index (χ2v) is 43.7. The van der Waals surface area contributed by atoms with Gasteiger partial charge in [0, 0.05) is 69.0 Å². The number of aromatic nitrogens is 2. The van der Waals surface area contributed by atoms with Crippen LogP contribution in [0.2, 0.25) is 0 Å². The fourth-order valence-electron chi connectivity index (χ4n) is 23.1. The van der Waals surface area contributed by atoms with Gasteiger partial charge in [0.2, 0.25) is 0 Å². The Labute approximate surface area is 852 Å². The molecule has 0 N–H and O–H groups in total. The minimum Gasteiger partial charge on any atom is -0.346 e. The Morgan fingerprint density at radius 2 is 0.271 bits per heavy atom. The van der Waals surface area contributed by atoms with Crippen LogP contribution in [0.4, 0.5) is 45.5 Å². The van der Waals surface area contributed by atoms with E-state index in [2.05, 4.69) is 575 Å². The standard InChI is InChI=1S/C134H128N10/c1-127(2)131(9,10)141(89-137(127)105-41-21-17-22-42-105)109-71-61-93(62-72-109)113-49-29-35-55-119(113)99-81-100(120-56-36-30-50-114(120)94-63-73-110(74-64-94)142-90-138(106-43-23-18-24-44-106)128(3,4)132(142,11)12)84-103(83-99)123-59-39-33-53-117(123)97-69-79-125(135-87-97)126-80-70-98(88-136-126)118-54-34-40-60-124(118)104-85-101(121-57-37-31-51-115(121)95-65-75-111(76-66-95)143-91-139(107-45-25-19-26-46-107)129(5,6)133(143,13)14)82-102(86-104)122-58-38-32-52-116(122)96-67-77-112(78-68-96)144-92-140(108-47-27-20-28-48-108)130(7,8)134(144,15)16/h17-88H,89-92H2,1-16H3. The molecule has 0 bridgehead atoms. The molecule has 16 aromatic carbocycles. The average molecular weight is 1880 g/mol. The number of pyridine rings is 2. The van der Waals surface area contributed by atoms with Crippen molar-refractivity contribution in [3.8, 4) is 145 Å². The number of benzene rings is 16. The van der Waals surface area contributed by atoms with E-state index in [-0.39, 0.29) is 44.3 Å². The van der Waals surface area contributed by atoms with Crippen molar-refractivity contribution in [2.75, 3.05) is 65.9 Å². The molecular weight excluding hydrogens is 1750 g/mol. The zero-order chi connectivity index (χ0) is 99.4. The second kappa shape index (κ2) is 36.3. The molecule has 0 unspecified atom stereocenters.